The zero-order chi connectivity index (χ0) is 12.7. The number of rotatable bonds is 5. The second-order valence-corrected chi connectivity index (χ2v) is 6.54. The van der Waals surface area contributed by atoms with Crippen LogP contribution in [-0.4, -0.2) is 6.26 Å². The van der Waals surface area contributed by atoms with Crippen molar-refractivity contribution in [2.75, 3.05) is 6.26 Å². The van der Waals surface area contributed by atoms with E-state index in [9.17, 15) is 0 Å². The van der Waals surface area contributed by atoms with Crippen LogP contribution in [0.15, 0.2) is 27.2 Å². The standard InChI is InChI=1S/C13H13ClINS/c1-17-13(15)12(4-2-3-9-16)10-5-7-11(14)8-6-10/h5-8H,2-4H2,1H3/b13-12+. The van der Waals surface area contributed by atoms with Crippen LogP contribution in [0.5, 0.6) is 0 Å². The van der Waals surface area contributed by atoms with Gasteiger partial charge in [-0.15, -0.1) is 11.8 Å². The number of unbranched alkanes of at least 4 members (excludes halogenated alkanes) is 1. The summed E-state index contributed by atoms with van der Waals surface area (Å²) in [6.45, 7) is 0. The minimum atomic E-state index is 0.607. The van der Waals surface area contributed by atoms with Crippen molar-refractivity contribution in [3.8, 4) is 6.07 Å². The topological polar surface area (TPSA) is 23.8 Å². The third-order valence-corrected chi connectivity index (χ3v) is 5.15. The Kier molecular flexibility index (Phi) is 7.02. The predicted octanol–water partition coefficient (Wildman–Crippen LogP) is 5.50. The van der Waals surface area contributed by atoms with Gasteiger partial charge in [0.05, 0.1) is 6.07 Å². The molecule has 0 aromatic heterocycles. The fourth-order valence-electron chi connectivity index (χ4n) is 1.47. The fraction of sp³-hybridized carbons (Fsp3) is 0.308. The Morgan fingerprint density at radius 3 is 2.59 bits per heavy atom. The van der Waals surface area contributed by atoms with Crippen LogP contribution in [0, 0.1) is 11.3 Å². The van der Waals surface area contributed by atoms with E-state index in [4.69, 9.17) is 16.9 Å². The Labute approximate surface area is 125 Å². The predicted molar refractivity (Wildman–Crippen MR) is 85.4 cm³/mol. The highest BCUT2D eigenvalue weighted by atomic mass is 127. The van der Waals surface area contributed by atoms with Crippen molar-refractivity contribution in [3.63, 3.8) is 0 Å². The van der Waals surface area contributed by atoms with E-state index in [1.54, 1.807) is 11.8 Å². The summed E-state index contributed by atoms with van der Waals surface area (Å²) in [6, 6.07) is 10.1. The molecule has 0 aliphatic rings. The maximum absolute atomic E-state index is 8.59. The van der Waals surface area contributed by atoms with Crippen LogP contribution in [0.3, 0.4) is 0 Å². The van der Waals surface area contributed by atoms with Crippen molar-refractivity contribution >= 4 is 51.5 Å². The average molecular weight is 378 g/mol. The van der Waals surface area contributed by atoms with Crippen LogP contribution >= 0.6 is 46.0 Å². The number of nitrogens with zero attached hydrogens (tertiary/aromatic N) is 1. The van der Waals surface area contributed by atoms with E-state index in [2.05, 4.69) is 34.9 Å². The summed E-state index contributed by atoms with van der Waals surface area (Å²) in [6.07, 6.45) is 4.52. The second-order valence-electron chi connectivity index (χ2n) is 3.47. The molecule has 0 bridgehead atoms. The van der Waals surface area contributed by atoms with Crippen molar-refractivity contribution in [1.82, 2.24) is 0 Å². The molecule has 1 aromatic carbocycles. The minimum absolute atomic E-state index is 0.607. The van der Waals surface area contributed by atoms with Gasteiger partial charge in [0.25, 0.3) is 0 Å². The third kappa shape index (κ3) is 4.90. The highest BCUT2D eigenvalue weighted by Crippen LogP contribution is 2.34. The maximum atomic E-state index is 8.59. The smallest absolute Gasteiger partial charge is 0.0621 e. The Hall–Kier alpha value is -0.180. The van der Waals surface area contributed by atoms with Gasteiger partial charge in [0.15, 0.2) is 0 Å². The molecule has 0 radical (unpaired) electrons. The highest BCUT2D eigenvalue weighted by molar-refractivity contribution is 14.1. The van der Waals surface area contributed by atoms with Gasteiger partial charge in [0.1, 0.15) is 0 Å². The molecule has 0 aliphatic carbocycles. The molecule has 0 saturated carbocycles. The first kappa shape index (κ1) is 14.9. The van der Waals surface area contributed by atoms with Crippen LogP contribution in [0.1, 0.15) is 24.8 Å². The van der Waals surface area contributed by atoms with Crippen molar-refractivity contribution < 1.29 is 0 Å². The molecule has 0 N–H and O–H groups in total. The largest absolute Gasteiger partial charge is 0.198 e. The molecule has 17 heavy (non-hydrogen) atoms. The summed E-state index contributed by atoms with van der Waals surface area (Å²) in [5, 5.41) is 9.35. The molecule has 0 aliphatic heterocycles. The van der Waals surface area contributed by atoms with Crippen molar-refractivity contribution in [1.29, 1.82) is 5.26 Å². The van der Waals surface area contributed by atoms with Crippen molar-refractivity contribution in [2.24, 2.45) is 0 Å². The number of halogens is 2. The minimum Gasteiger partial charge on any atom is -0.198 e. The first-order chi connectivity index (χ1) is 8.19. The molecule has 0 heterocycles. The number of benzene rings is 1. The summed E-state index contributed by atoms with van der Waals surface area (Å²) in [7, 11) is 0. The van der Waals surface area contributed by atoms with E-state index < -0.39 is 0 Å². The van der Waals surface area contributed by atoms with Crippen LogP contribution in [0.2, 0.25) is 5.02 Å². The molecule has 1 nitrogen and oxygen atoms in total. The fourth-order valence-corrected chi connectivity index (χ4v) is 2.65. The Morgan fingerprint density at radius 1 is 1.41 bits per heavy atom. The molecule has 0 fully saturated rings. The normalized spacial score (nSPS) is 11.9. The monoisotopic (exact) mass is 377 g/mol. The zero-order valence-electron chi connectivity index (χ0n) is 9.54. The van der Waals surface area contributed by atoms with Crippen LogP contribution in [0.25, 0.3) is 5.57 Å². The number of hydrogen-bond acceptors (Lipinski definition) is 2. The van der Waals surface area contributed by atoms with Gasteiger partial charge >= 0.3 is 0 Å². The van der Waals surface area contributed by atoms with E-state index in [1.165, 1.54) is 14.0 Å². The number of nitriles is 1. The maximum Gasteiger partial charge on any atom is 0.0621 e. The van der Waals surface area contributed by atoms with Crippen molar-refractivity contribution in [3.05, 3.63) is 37.8 Å². The van der Waals surface area contributed by atoms with Crippen LogP contribution in [-0.2, 0) is 0 Å². The SMILES string of the molecule is CS/C(I)=C(\CCCC#N)c1ccc(Cl)cc1. The van der Waals surface area contributed by atoms with E-state index in [-0.39, 0.29) is 0 Å². The van der Waals surface area contributed by atoms with Crippen LogP contribution < -0.4 is 0 Å². The average Bonchev–Trinajstić information content (AvgIpc) is 2.35. The number of hydrogen-bond donors (Lipinski definition) is 0. The lowest BCUT2D eigenvalue weighted by molar-refractivity contribution is 0.889. The van der Waals surface area contributed by atoms with E-state index in [0.717, 1.165) is 17.9 Å². The first-order valence-electron chi connectivity index (χ1n) is 5.24. The molecule has 1 rings (SSSR count). The van der Waals surface area contributed by atoms with E-state index in [1.807, 2.05) is 24.3 Å². The second kappa shape index (κ2) is 8.02. The molecule has 90 valence electrons. The molecule has 1 aromatic rings. The number of thioether (sulfide) groups is 1. The van der Waals surface area contributed by atoms with Crippen molar-refractivity contribution in [2.45, 2.75) is 19.3 Å². The molecule has 4 heteroatoms. The summed E-state index contributed by atoms with van der Waals surface area (Å²) in [5.41, 5.74) is 2.51. The molecule has 0 saturated heterocycles. The van der Waals surface area contributed by atoms with E-state index in [0.29, 0.717) is 6.42 Å². The molecule has 0 unspecified atom stereocenters. The first-order valence-corrected chi connectivity index (χ1v) is 7.92. The third-order valence-electron chi connectivity index (χ3n) is 2.32. The van der Waals surface area contributed by atoms with E-state index >= 15 is 0 Å². The lowest BCUT2D eigenvalue weighted by atomic mass is 10.0. The van der Waals surface area contributed by atoms with Gasteiger partial charge in [-0.05, 0) is 65.0 Å². The zero-order valence-corrected chi connectivity index (χ0v) is 13.3. The van der Waals surface area contributed by atoms with Gasteiger partial charge in [0, 0.05) is 14.4 Å². The summed E-state index contributed by atoms with van der Waals surface area (Å²) < 4.78 is 1.28. The quantitative estimate of drug-likeness (QED) is 0.499. The summed E-state index contributed by atoms with van der Waals surface area (Å²) in [5.74, 6) is 0. The molecular formula is C13H13ClINS. The van der Waals surface area contributed by atoms with Gasteiger partial charge in [-0.25, -0.2) is 0 Å². The molecule has 0 atom stereocenters. The van der Waals surface area contributed by atoms with Crippen LogP contribution in [0.4, 0.5) is 0 Å². The Balaban J connectivity index is 2.92. The lowest BCUT2D eigenvalue weighted by Crippen LogP contribution is -1.87. The highest BCUT2D eigenvalue weighted by Gasteiger charge is 2.06. The van der Waals surface area contributed by atoms with Gasteiger partial charge in [-0.3, -0.25) is 0 Å². The van der Waals surface area contributed by atoms with Gasteiger partial charge in [-0.2, -0.15) is 5.26 Å². The molecule has 0 amide bonds. The summed E-state index contributed by atoms with van der Waals surface area (Å²) in [4.78, 5) is 0. The van der Waals surface area contributed by atoms with Gasteiger partial charge in [0.2, 0.25) is 0 Å². The van der Waals surface area contributed by atoms with Gasteiger partial charge in [-0.1, -0.05) is 23.7 Å². The Bertz CT molecular complexity index is 434. The number of allylic oxidation sites excluding steroid dienone is 1. The Morgan fingerprint density at radius 2 is 2.06 bits per heavy atom. The molecular weight excluding hydrogens is 365 g/mol. The molecule has 0 spiro atoms. The van der Waals surface area contributed by atoms with Gasteiger partial charge < -0.3 is 0 Å². The summed E-state index contributed by atoms with van der Waals surface area (Å²) >= 11 is 9.99. The lowest BCUT2D eigenvalue weighted by Gasteiger charge is -2.09.